The Kier molecular flexibility index (Phi) is 5.51. The van der Waals surface area contributed by atoms with Gasteiger partial charge in [0.15, 0.2) is 0 Å². The first-order chi connectivity index (χ1) is 9.78. The third-order valence-electron chi connectivity index (χ3n) is 4.83. The molecule has 1 aromatic rings. The van der Waals surface area contributed by atoms with Gasteiger partial charge in [-0.3, -0.25) is 4.79 Å². The molecule has 0 saturated heterocycles. The molecule has 0 aromatic heterocycles. The van der Waals surface area contributed by atoms with Crippen LogP contribution in [0.2, 0.25) is 0 Å². The third kappa shape index (κ3) is 3.52. The molecule has 1 aromatic carbocycles. The van der Waals surface area contributed by atoms with Gasteiger partial charge < -0.3 is 10.6 Å². The van der Waals surface area contributed by atoms with Crippen molar-refractivity contribution in [3.63, 3.8) is 0 Å². The van der Waals surface area contributed by atoms with E-state index in [9.17, 15) is 4.79 Å². The number of fused-ring (bicyclic) bond motifs is 1. The molecule has 2 aliphatic rings. The van der Waals surface area contributed by atoms with Gasteiger partial charge in [0, 0.05) is 23.8 Å². The molecule has 1 amide bonds. The van der Waals surface area contributed by atoms with Gasteiger partial charge in [-0.05, 0) is 48.9 Å². The number of rotatable bonds is 3. The van der Waals surface area contributed by atoms with Crippen molar-refractivity contribution in [3.05, 3.63) is 29.3 Å². The monoisotopic (exact) mass is 308 g/mol. The fraction of sp³-hybridized carbons (Fsp3) is 0.588. The fourth-order valence-corrected chi connectivity index (χ4v) is 3.58. The van der Waals surface area contributed by atoms with Crippen LogP contribution in [0, 0.1) is 5.92 Å². The molecule has 0 spiro atoms. The van der Waals surface area contributed by atoms with Gasteiger partial charge in [-0.15, -0.1) is 12.4 Å². The lowest BCUT2D eigenvalue weighted by atomic mass is 9.83. The van der Waals surface area contributed by atoms with Crippen LogP contribution < -0.4 is 10.6 Å². The molecule has 4 heteroatoms. The summed E-state index contributed by atoms with van der Waals surface area (Å²) in [6.45, 7) is 3.22. The van der Waals surface area contributed by atoms with Crippen molar-refractivity contribution in [3.8, 4) is 0 Å². The maximum Gasteiger partial charge on any atom is 0.251 e. The lowest BCUT2D eigenvalue weighted by Crippen LogP contribution is -2.41. The topological polar surface area (TPSA) is 41.1 Å². The predicted molar refractivity (Wildman–Crippen MR) is 89.4 cm³/mol. The van der Waals surface area contributed by atoms with Crippen LogP contribution >= 0.6 is 12.4 Å². The van der Waals surface area contributed by atoms with Crippen LogP contribution in [0.1, 0.15) is 54.9 Å². The number of hydrogen-bond donors (Lipinski definition) is 2. The van der Waals surface area contributed by atoms with Gasteiger partial charge in [-0.2, -0.15) is 0 Å². The Morgan fingerprint density at radius 2 is 2.14 bits per heavy atom. The number of carbonyl (C=O) groups excluding carboxylic acids is 1. The van der Waals surface area contributed by atoms with Gasteiger partial charge >= 0.3 is 0 Å². The van der Waals surface area contributed by atoms with Crippen LogP contribution in [-0.2, 0) is 6.42 Å². The molecule has 2 N–H and O–H groups in total. The lowest BCUT2D eigenvalue weighted by molar-refractivity contribution is 0.0904. The lowest BCUT2D eigenvalue weighted by Gasteiger charge is -2.31. The maximum atomic E-state index is 12.4. The molecule has 1 fully saturated rings. The Labute approximate surface area is 133 Å². The standard InChI is InChI=1S/C17H24N2O.ClH/c1-2-12-5-3-4-6-16(12)19-17(20)14-7-8-15-13(11-14)9-10-18-15;/h7-8,11-12,16,18H,2-6,9-10H2,1H3,(H,19,20);1H. The van der Waals surface area contributed by atoms with Crippen LogP contribution in [0.25, 0.3) is 0 Å². The van der Waals surface area contributed by atoms with E-state index in [1.54, 1.807) is 0 Å². The van der Waals surface area contributed by atoms with Gasteiger partial charge in [0.1, 0.15) is 0 Å². The summed E-state index contributed by atoms with van der Waals surface area (Å²) in [5.74, 6) is 0.758. The number of nitrogens with one attached hydrogen (secondary N) is 2. The summed E-state index contributed by atoms with van der Waals surface area (Å²) in [7, 11) is 0. The summed E-state index contributed by atoms with van der Waals surface area (Å²) >= 11 is 0. The van der Waals surface area contributed by atoms with Gasteiger partial charge in [0.05, 0.1) is 0 Å². The van der Waals surface area contributed by atoms with E-state index in [0.29, 0.717) is 12.0 Å². The van der Waals surface area contributed by atoms with Crippen LogP contribution in [-0.4, -0.2) is 18.5 Å². The molecular weight excluding hydrogens is 284 g/mol. The number of anilines is 1. The first-order valence-electron chi connectivity index (χ1n) is 7.95. The Morgan fingerprint density at radius 3 is 2.95 bits per heavy atom. The molecule has 116 valence electrons. The molecule has 2 atom stereocenters. The van der Waals surface area contributed by atoms with Crippen LogP contribution in [0.3, 0.4) is 0 Å². The quantitative estimate of drug-likeness (QED) is 0.892. The minimum atomic E-state index is 0. The SMILES string of the molecule is CCC1CCCCC1NC(=O)c1ccc2c(c1)CCN2.Cl. The summed E-state index contributed by atoms with van der Waals surface area (Å²) in [6.07, 6.45) is 7.15. The molecule has 2 unspecified atom stereocenters. The molecule has 1 saturated carbocycles. The van der Waals surface area contributed by atoms with E-state index in [1.165, 1.54) is 36.9 Å². The molecular formula is C17H25ClN2O. The number of amides is 1. The van der Waals surface area contributed by atoms with Gasteiger partial charge in [-0.1, -0.05) is 26.2 Å². The predicted octanol–water partition coefficient (Wildman–Crippen LogP) is 3.78. The van der Waals surface area contributed by atoms with E-state index in [1.807, 2.05) is 12.1 Å². The minimum absolute atomic E-state index is 0. The largest absolute Gasteiger partial charge is 0.384 e. The third-order valence-corrected chi connectivity index (χ3v) is 4.83. The van der Waals surface area contributed by atoms with Crippen LogP contribution in [0.5, 0.6) is 0 Å². The number of hydrogen-bond acceptors (Lipinski definition) is 2. The van der Waals surface area contributed by atoms with E-state index in [-0.39, 0.29) is 18.3 Å². The highest BCUT2D eigenvalue weighted by Crippen LogP contribution is 2.27. The maximum absolute atomic E-state index is 12.4. The zero-order valence-corrected chi connectivity index (χ0v) is 13.5. The Hall–Kier alpha value is -1.22. The Bertz CT molecular complexity index is 504. The minimum Gasteiger partial charge on any atom is -0.384 e. The second-order valence-electron chi connectivity index (χ2n) is 6.08. The van der Waals surface area contributed by atoms with Crippen molar-refractivity contribution in [1.29, 1.82) is 0 Å². The number of halogens is 1. The van der Waals surface area contributed by atoms with Gasteiger partial charge in [-0.25, -0.2) is 0 Å². The summed E-state index contributed by atoms with van der Waals surface area (Å²) in [6, 6.07) is 6.40. The number of benzene rings is 1. The van der Waals surface area contributed by atoms with Crippen molar-refractivity contribution < 1.29 is 4.79 Å². The van der Waals surface area contributed by atoms with E-state index >= 15 is 0 Å². The van der Waals surface area contributed by atoms with Crippen LogP contribution in [0.15, 0.2) is 18.2 Å². The van der Waals surface area contributed by atoms with Crippen molar-refractivity contribution in [2.45, 2.75) is 51.5 Å². The van der Waals surface area contributed by atoms with Crippen molar-refractivity contribution in [2.24, 2.45) is 5.92 Å². The smallest absolute Gasteiger partial charge is 0.251 e. The molecule has 1 aliphatic carbocycles. The molecule has 1 heterocycles. The van der Waals surface area contributed by atoms with E-state index in [2.05, 4.69) is 23.6 Å². The first-order valence-corrected chi connectivity index (χ1v) is 7.95. The van der Waals surface area contributed by atoms with E-state index in [4.69, 9.17) is 0 Å². The summed E-state index contributed by atoms with van der Waals surface area (Å²) in [4.78, 5) is 12.4. The average Bonchev–Trinajstić information content (AvgIpc) is 2.95. The molecule has 0 radical (unpaired) electrons. The van der Waals surface area contributed by atoms with Crippen LogP contribution in [0.4, 0.5) is 5.69 Å². The molecule has 0 bridgehead atoms. The number of carbonyl (C=O) groups is 1. The molecule has 3 rings (SSSR count). The summed E-state index contributed by atoms with van der Waals surface area (Å²) < 4.78 is 0. The van der Waals surface area contributed by atoms with E-state index < -0.39 is 0 Å². The second-order valence-corrected chi connectivity index (χ2v) is 6.08. The van der Waals surface area contributed by atoms with Crippen molar-refractivity contribution in [1.82, 2.24) is 5.32 Å². The molecule has 1 aliphatic heterocycles. The first kappa shape index (κ1) is 16.2. The second kappa shape index (κ2) is 7.17. The summed E-state index contributed by atoms with van der Waals surface area (Å²) in [5.41, 5.74) is 3.27. The molecule has 3 nitrogen and oxygen atoms in total. The highest BCUT2D eigenvalue weighted by atomic mass is 35.5. The average molecular weight is 309 g/mol. The van der Waals surface area contributed by atoms with Crippen molar-refractivity contribution >= 4 is 24.0 Å². The van der Waals surface area contributed by atoms with Gasteiger partial charge in [0.2, 0.25) is 0 Å². The fourth-order valence-electron chi connectivity index (χ4n) is 3.58. The van der Waals surface area contributed by atoms with E-state index in [0.717, 1.165) is 24.9 Å². The zero-order chi connectivity index (χ0) is 13.9. The van der Waals surface area contributed by atoms with Gasteiger partial charge in [0.25, 0.3) is 5.91 Å². The highest BCUT2D eigenvalue weighted by Gasteiger charge is 2.25. The Balaban J connectivity index is 0.00000161. The summed E-state index contributed by atoms with van der Waals surface area (Å²) in [5, 5.41) is 6.60. The molecule has 21 heavy (non-hydrogen) atoms. The highest BCUT2D eigenvalue weighted by molar-refractivity contribution is 5.95. The Morgan fingerprint density at radius 1 is 1.33 bits per heavy atom. The normalized spacial score (nSPS) is 23.7. The van der Waals surface area contributed by atoms with Crippen molar-refractivity contribution in [2.75, 3.05) is 11.9 Å². The zero-order valence-electron chi connectivity index (χ0n) is 12.7.